The van der Waals surface area contributed by atoms with E-state index in [0.29, 0.717) is 28.3 Å². The van der Waals surface area contributed by atoms with E-state index in [0.717, 1.165) is 0 Å². The van der Waals surface area contributed by atoms with Crippen LogP contribution >= 0.6 is 0 Å². The van der Waals surface area contributed by atoms with E-state index in [9.17, 15) is 18.4 Å². The zero-order chi connectivity index (χ0) is 27.4. The Balaban J connectivity index is 2.27. The van der Waals surface area contributed by atoms with Crippen LogP contribution in [0.25, 0.3) is 27.7 Å². The van der Waals surface area contributed by atoms with Crippen LogP contribution in [0.3, 0.4) is 0 Å². The second-order valence-corrected chi connectivity index (χ2v) is 9.70. The molecule has 196 valence electrons. The Labute approximate surface area is 211 Å². The number of rotatable bonds is 5. The molecule has 0 aliphatic heterocycles. The van der Waals surface area contributed by atoms with Gasteiger partial charge in [0.05, 0.1) is 18.4 Å². The molecule has 0 spiro atoms. The van der Waals surface area contributed by atoms with Crippen molar-refractivity contribution in [1.29, 1.82) is 0 Å². The van der Waals surface area contributed by atoms with E-state index in [1.165, 1.54) is 17.7 Å². The molecule has 3 heterocycles. The number of carbonyl (C=O) groups excluding carboxylic acids is 2. The highest BCUT2D eigenvalue weighted by atomic mass is 19.3. The van der Waals surface area contributed by atoms with Crippen LogP contribution in [0.5, 0.6) is 5.75 Å². The van der Waals surface area contributed by atoms with Gasteiger partial charge < -0.3 is 19.6 Å². The number of hydrogen-bond donors (Lipinski definition) is 2. The van der Waals surface area contributed by atoms with Crippen molar-refractivity contribution in [3.8, 4) is 11.4 Å². The number of hydrogen-bond acceptors (Lipinski definition) is 6. The molecule has 0 fully saturated rings. The predicted octanol–water partition coefficient (Wildman–Crippen LogP) is 6.09. The molecule has 0 saturated carbocycles. The molecule has 0 aliphatic carbocycles. The first-order valence-corrected chi connectivity index (χ1v) is 11.5. The smallest absolute Gasteiger partial charge is 0.413 e. The number of furan rings is 1. The minimum Gasteiger partial charge on any atom is -0.496 e. The third kappa shape index (κ3) is 4.45. The van der Waals surface area contributed by atoms with Crippen LogP contribution in [0.2, 0.25) is 0 Å². The van der Waals surface area contributed by atoms with Crippen LogP contribution in [0.15, 0.2) is 22.6 Å². The number of anilines is 1. The number of fused-ring (bicyclic) bond motifs is 3. The van der Waals surface area contributed by atoms with Gasteiger partial charge in [-0.25, -0.2) is 18.6 Å². The maximum Gasteiger partial charge on any atom is 0.413 e. The van der Waals surface area contributed by atoms with Gasteiger partial charge in [0.2, 0.25) is 0 Å². The van der Waals surface area contributed by atoms with Gasteiger partial charge >= 0.3 is 6.09 Å². The van der Waals surface area contributed by atoms with Crippen LogP contribution in [0, 0.1) is 20.8 Å². The van der Waals surface area contributed by atoms with Gasteiger partial charge in [-0.1, -0.05) is 6.07 Å². The number of amides is 2. The number of pyridine rings is 1. The normalized spacial score (nSPS) is 11.9. The zero-order valence-electron chi connectivity index (χ0n) is 21.6. The lowest BCUT2D eigenvalue weighted by atomic mass is 10.1. The van der Waals surface area contributed by atoms with Crippen molar-refractivity contribution in [2.24, 2.45) is 5.73 Å². The molecule has 0 unspecified atom stereocenters. The van der Waals surface area contributed by atoms with Gasteiger partial charge in [-0.3, -0.25) is 14.7 Å². The number of carbonyl (C=O) groups is 2. The molecule has 11 heteroatoms. The average Bonchev–Trinajstić information content (AvgIpc) is 3.29. The summed E-state index contributed by atoms with van der Waals surface area (Å²) < 4.78 is 47.1. The summed E-state index contributed by atoms with van der Waals surface area (Å²) in [4.78, 5) is 29.9. The Morgan fingerprint density at radius 3 is 2.43 bits per heavy atom. The van der Waals surface area contributed by atoms with Crippen molar-refractivity contribution in [1.82, 2.24) is 9.55 Å². The number of alkyl halides is 2. The molecular formula is C26H28F2N4O5. The largest absolute Gasteiger partial charge is 0.496 e. The number of nitrogens with one attached hydrogen (secondary N) is 1. The van der Waals surface area contributed by atoms with Crippen LogP contribution in [-0.2, 0) is 4.74 Å². The van der Waals surface area contributed by atoms with Crippen LogP contribution in [0.4, 0.5) is 19.4 Å². The van der Waals surface area contributed by atoms with Crippen LogP contribution in [0.1, 0.15) is 60.1 Å². The molecule has 3 N–H and O–H groups in total. The Bertz CT molecular complexity index is 1560. The van der Waals surface area contributed by atoms with E-state index < -0.39 is 29.7 Å². The Kier molecular flexibility index (Phi) is 6.35. The number of benzene rings is 1. The lowest BCUT2D eigenvalue weighted by Crippen LogP contribution is -2.29. The summed E-state index contributed by atoms with van der Waals surface area (Å²) in [5.41, 5.74) is 6.08. The maximum atomic E-state index is 14.4. The van der Waals surface area contributed by atoms with Crippen molar-refractivity contribution in [3.63, 3.8) is 0 Å². The SMILES string of the molecule is COc1ccc(C)c(-n2c(NC(=O)OC(C)(C)C)c(C(N)=O)c3c(C(F)F)nc4cc(C)oc4c32)c1C. The third-order valence-corrected chi connectivity index (χ3v) is 5.82. The second kappa shape index (κ2) is 9.06. The molecular weight excluding hydrogens is 486 g/mol. The first-order valence-electron chi connectivity index (χ1n) is 11.5. The van der Waals surface area contributed by atoms with Gasteiger partial charge in [-0.15, -0.1) is 0 Å². The number of methoxy groups -OCH3 is 1. The average molecular weight is 515 g/mol. The highest BCUT2D eigenvalue weighted by Gasteiger charge is 2.33. The number of aromatic nitrogens is 2. The molecule has 9 nitrogen and oxygen atoms in total. The summed E-state index contributed by atoms with van der Waals surface area (Å²) in [5.74, 6) is -0.272. The summed E-state index contributed by atoms with van der Waals surface area (Å²) in [5, 5.41) is 2.36. The molecule has 4 aromatic rings. The summed E-state index contributed by atoms with van der Waals surface area (Å²) in [7, 11) is 1.50. The molecule has 4 rings (SSSR count). The second-order valence-electron chi connectivity index (χ2n) is 9.70. The topological polar surface area (TPSA) is 122 Å². The fraction of sp³-hybridized carbons (Fsp3) is 0.346. The monoisotopic (exact) mass is 514 g/mol. The van der Waals surface area contributed by atoms with Gasteiger partial charge in [0, 0.05) is 17.0 Å². The molecule has 2 amide bonds. The van der Waals surface area contributed by atoms with E-state index in [1.807, 2.05) is 0 Å². The molecule has 0 saturated heterocycles. The van der Waals surface area contributed by atoms with Crippen molar-refractivity contribution in [2.75, 3.05) is 12.4 Å². The van der Waals surface area contributed by atoms with E-state index in [1.54, 1.807) is 53.7 Å². The highest BCUT2D eigenvalue weighted by molar-refractivity contribution is 6.19. The first-order chi connectivity index (χ1) is 17.2. The minimum atomic E-state index is -3.06. The Morgan fingerprint density at radius 1 is 1.19 bits per heavy atom. The summed E-state index contributed by atoms with van der Waals surface area (Å²) in [6, 6.07) is 5.05. The standard InChI is InChI=1S/C26H28F2N4O5/c1-11-8-9-15(35-7)13(3)19(11)32-20-16(18(22(27)28)30-14-10-12(2)36-21(14)20)17(23(29)33)24(32)31-25(34)37-26(4,5)6/h8-10,22H,1-7H3,(H2,29,33)(H,31,34). The van der Waals surface area contributed by atoms with Crippen LogP contribution in [-0.4, -0.2) is 34.3 Å². The van der Waals surface area contributed by atoms with Gasteiger partial charge in [0.15, 0.2) is 5.58 Å². The lowest BCUT2D eigenvalue weighted by molar-refractivity contribution is 0.0635. The number of primary amides is 1. The molecule has 0 bridgehead atoms. The fourth-order valence-electron chi connectivity index (χ4n) is 4.50. The molecule has 3 aromatic heterocycles. The third-order valence-electron chi connectivity index (χ3n) is 5.82. The highest BCUT2D eigenvalue weighted by Crippen LogP contribution is 2.44. The lowest BCUT2D eigenvalue weighted by Gasteiger charge is -2.22. The van der Waals surface area contributed by atoms with E-state index in [-0.39, 0.29) is 33.4 Å². The van der Waals surface area contributed by atoms with Crippen LogP contribution < -0.4 is 15.8 Å². The molecule has 0 aliphatic rings. The summed E-state index contributed by atoms with van der Waals surface area (Å²) >= 11 is 0. The van der Waals surface area contributed by atoms with Crippen molar-refractivity contribution < 1.29 is 32.3 Å². The van der Waals surface area contributed by atoms with Crippen molar-refractivity contribution in [2.45, 2.75) is 53.6 Å². The van der Waals surface area contributed by atoms with Gasteiger partial charge in [-0.2, -0.15) is 0 Å². The quantitative estimate of drug-likeness (QED) is 0.332. The Hall–Kier alpha value is -4.15. The van der Waals surface area contributed by atoms with Crippen molar-refractivity contribution in [3.05, 3.63) is 46.3 Å². The predicted molar refractivity (Wildman–Crippen MR) is 135 cm³/mol. The summed E-state index contributed by atoms with van der Waals surface area (Å²) in [6.07, 6.45) is -3.96. The number of ether oxygens (including phenoxy) is 2. The number of nitrogens with two attached hydrogens (primary N) is 1. The fourth-order valence-corrected chi connectivity index (χ4v) is 4.50. The maximum absolute atomic E-state index is 14.4. The molecule has 0 radical (unpaired) electrons. The number of aryl methyl sites for hydroxylation is 2. The van der Waals surface area contributed by atoms with E-state index in [2.05, 4.69) is 10.3 Å². The molecule has 0 atom stereocenters. The number of nitrogens with zero attached hydrogens (tertiary/aromatic N) is 2. The van der Waals surface area contributed by atoms with Gasteiger partial charge in [0.1, 0.15) is 39.7 Å². The number of halogens is 2. The molecule has 1 aromatic carbocycles. The van der Waals surface area contributed by atoms with Crippen molar-refractivity contribution >= 4 is 39.8 Å². The van der Waals surface area contributed by atoms with E-state index >= 15 is 0 Å². The summed E-state index contributed by atoms with van der Waals surface area (Å²) in [6.45, 7) is 10.2. The minimum absolute atomic E-state index is 0.104. The first kappa shape index (κ1) is 25.9. The van der Waals surface area contributed by atoms with E-state index in [4.69, 9.17) is 19.6 Å². The van der Waals surface area contributed by atoms with Gasteiger partial charge in [-0.05, 0) is 53.2 Å². The molecule has 37 heavy (non-hydrogen) atoms. The zero-order valence-corrected chi connectivity index (χ0v) is 21.6. The Morgan fingerprint density at radius 2 is 1.86 bits per heavy atom. The van der Waals surface area contributed by atoms with Gasteiger partial charge in [0.25, 0.3) is 12.3 Å².